The summed E-state index contributed by atoms with van der Waals surface area (Å²) >= 11 is 5.34. The van der Waals surface area contributed by atoms with Crippen LogP contribution in [-0.4, -0.2) is 6.21 Å². The second-order valence-corrected chi connectivity index (χ2v) is 2.57. The molecule has 0 aromatic carbocycles. The molecule has 2 heteroatoms. The summed E-state index contributed by atoms with van der Waals surface area (Å²) in [6.07, 6.45) is 11.0. The van der Waals surface area contributed by atoms with E-state index in [1.54, 1.807) is 12.2 Å². The lowest BCUT2D eigenvalue weighted by molar-refractivity contribution is 0.958. The van der Waals surface area contributed by atoms with E-state index < -0.39 is 0 Å². The molecule has 0 saturated heterocycles. The maximum atomic E-state index is 7.05. The molecule has 0 amide bonds. The molecule has 66 valence electrons. The summed E-state index contributed by atoms with van der Waals surface area (Å²) in [6.45, 7) is 2.12. The van der Waals surface area contributed by atoms with Gasteiger partial charge in [0.1, 0.15) is 0 Å². The molecule has 0 aliphatic heterocycles. The Bertz CT molecular complexity index is 202. The van der Waals surface area contributed by atoms with Crippen molar-refractivity contribution in [2.24, 2.45) is 0 Å². The van der Waals surface area contributed by atoms with Crippen LogP contribution in [0.2, 0.25) is 0 Å². The van der Waals surface area contributed by atoms with Crippen LogP contribution in [0.1, 0.15) is 19.8 Å². The van der Waals surface area contributed by atoms with Gasteiger partial charge in [0.15, 0.2) is 0 Å². The highest BCUT2D eigenvalue weighted by atomic mass is 35.5. The lowest BCUT2D eigenvalue weighted by Crippen LogP contribution is -1.76. The largest absolute Gasteiger partial charge is 0.308 e. The molecule has 0 aliphatic rings. The molecule has 1 nitrogen and oxygen atoms in total. The van der Waals surface area contributed by atoms with Gasteiger partial charge in [-0.2, -0.15) is 0 Å². The van der Waals surface area contributed by atoms with Crippen LogP contribution in [0.3, 0.4) is 0 Å². The molecule has 0 unspecified atom stereocenters. The van der Waals surface area contributed by atoms with Crippen molar-refractivity contribution in [2.45, 2.75) is 19.8 Å². The summed E-state index contributed by atoms with van der Waals surface area (Å²) in [5.74, 6) is 0. The van der Waals surface area contributed by atoms with E-state index in [4.69, 9.17) is 17.0 Å². The summed E-state index contributed by atoms with van der Waals surface area (Å²) in [7, 11) is 0. The Labute approximate surface area is 78.9 Å². The van der Waals surface area contributed by atoms with E-state index in [9.17, 15) is 0 Å². The van der Waals surface area contributed by atoms with Crippen molar-refractivity contribution in [3.8, 4) is 0 Å². The van der Waals surface area contributed by atoms with Crippen molar-refractivity contribution in [3.05, 3.63) is 35.4 Å². The van der Waals surface area contributed by atoms with E-state index in [-0.39, 0.29) is 0 Å². The van der Waals surface area contributed by atoms with Gasteiger partial charge in [-0.15, -0.1) is 0 Å². The molecule has 0 aromatic heterocycles. The van der Waals surface area contributed by atoms with Gasteiger partial charge in [0.25, 0.3) is 0 Å². The van der Waals surface area contributed by atoms with Gasteiger partial charge >= 0.3 is 0 Å². The van der Waals surface area contributed by atoms with Gasteiger partial charge in [-0.1, -0.05) is 49.2 Å². The molecule has 12 heavy (non-hydrogen) atoms. The van der Waals surface area contributed by atoms with E-state index in [2.05, 4.69) is 13.0 Å². The Morgan fingerprint density at radius 1 is 1.50 bits per heavy atom. The third-order valence-electron chi connectivity index (χ3n) is 1.29. The Hall–Kier alpha value is -0.820. The Morgan fingerprint density at radius 3 is 2.75 bits per heavy atom. The first kappa shape index (κ1) is 11.2. The number of unbranched alkanes of at least 4 members (excludes halogenated alkanes) is 1. The normalized spacial score (nSPS) is 13.0. The van der Waals surface area contributed by atoms with Crippen molar-refractivity contribution in [2.75, 3.05) is 0 Å². The maximum Gasteiger partial charge on any atom is 0.0250 e. The average molecular weight is 184 g/mol. The van der Waals surface area contributed by atoms with Gasteiger partial charge in [0.2, 0.25) is 0 Å². The average Bonchev–Trinajstić information content (AvgIpc) is 2.11. The molecule has 0 bridgehead atoms. The van der Waals surface area contributed by atoms with Gasteiger partial charge in [-0.25, -0.2) is 0 Å². The van der Waals surface area contributed by atoms with Crippen molar-refractivity contribution in [3.63, 3.8) is 0 Å². The van der Waals surface area contributed by atoms with Crippen LogP contribution in [-0.2, 0) is 0 Å². The number of nitrogens with one attached hydrogen (secondary N) is 1. The van der Waals surface area contributed by atoms with Gasteiger partial charge in [0, 0.05) is 11.7 Å². The monoisotopic (exact) mass is 183 g/mol. The SMILES string of the molecule is CCC/C=C/C(C=N)=C/C=C/Cl. The molecule has 0 aromatic rings. The van der Waals surface area contributed by atoms with E-state index in [1.165, 1.54) is 11.7 Å². The maximum absolute atomic E-state index is 7.05. The first-order valence-corrected chi connectivity index (χ1v) is 4.42. The van der Waals surface area contributed by atoms with Crippen LogP contribution >= 0.6 is 11.6 Å². The third kappa shape index (κ3) is 5.93. The Morgan fingerprint density at radius 2 is 2.25 bits per heavy atom. The lowest BCUT2D eigenvalue weighted by atomic mass is 10.2. The minimum atomic E-state index is 0.861. The van der Waals surface area contributed by atoms with Crippen LogP contribution in [0.4, 0.5) is 0 Å². The Balaban J connectivity index is 4.07. The number of rotatable bonds is 5. The fourth-order valence-corrected chi connectivity index (χ4v) is 0.758. The zero-order valence-electron chi connectivity index (χ0n) is 7.26. The van der Waals surface area contributed by atoms with Gasteiger partial charge in [-0.3, -0.25) is 0 Å². The summed E-state index contributed by atoms with van der Waals surface area (Å²) in [5, 5.41) is 7.05. The standard InChI is InChI=1S/C10H14ClN/c1-2-3-4-6-10(9-12)7-5-8-11/h4-9,12H,2-3H2,1H3/b6-4+,8-5+,10-7-,12-9?. The number of hydrogen-bond acceptors (Lipinski definition) is 1. The second kappa shape index (κ2) is 8.28. The van der Waals surface area contributed by atoms with Gasteiger partial charge in [0.05, 0.1) is 0 Å². The molecule has 0 spiro atoms. The molecule has 0 radical (unpaired) electrons. The van der Waals surface area contributed by atoms with Crippen LogP contribution < -0.4 is 0 Å². The quantitative estimate of drug-likeness (QED) is 0.497. The molecule has 0 atom stereocenters. The first-order chi connectivity index (χ1) is 5.85. The van der Waals surface area contributed by atoms with Crippen molar-refractivity contribution in [1.82, 2.24) is 0 Å². The molecular formula is C10H14ClN. The smallest absolute Gasteiger partial charge is 0.0250 e. The highest BCUT2D eigenvalue weighted by Crippen LogP contribution is 1.97. The number of halogens is 1. The zero-order chi connectivity index (χ0) is 9.23. The highest BCUT2D eigenvalue weighted by molar-refractivity contribution is 6.25. The van der Waals surface area contributed by atoms with Crippen molar-refractivity contribution in [1.29, 1.82) is 5.41 Å². The molecule has 0 fully saturated rings. The molecule has 0 saturated carbocycles. The summed E-state index contributed by atoms with van der Waals surface area (Å²) in [5.41, 5.74) is 2.29. The second-order valence-electron chi connectivity index (χ2n) is 2.32. The first-order valence-electron chi connectivity index (χ1n) is 3.99. The summed E-state index contributed by atoms with van der Waals surface area (Å²) < 4.78 is 0. The van der Waals surface area contributed by atoms with E-state index in [1.807, 2.05) is 6.08 Å². The van der Waals surface area contributed by atoms with Crippen LogP contribution in [0.15, 0.2) is 35.4 Å². The predicted octanol–water partition coefficient (Wildman–Crippen LogP) is 3.67. The van der Waals surface area contributed by atoms with Crippen LogP contribution in [0.5, 0.6) is 0 Å². The van der Waals surface area contributed by atoms with E-state index in [0.717, 1.165) is 18.4 Å². The zero-order valence-corrected chi connectivity index (χ0v) is 8.01. The Kier molecular flexibility index (Phi) is 7.71. The van der Waals surface area contributed by atoms with Crippen molar-refractivity contribution >= 4 is 17.8 Å². The number of hydrogen-bond donors (Lipinski definition) is 1. The van der Waals surface area contributed by atoms with Crippen LogP contribution in [0, 0.1) is 5.41 Å². The van der Waals surface area contributed by atoms with Gasteiger partial charge in [-0.05, 0) is 12.0 Å². The van der Waals surface area contributed by atoms with E-state index >= 15 is 0 Å². The fraction of sp³-hybridized carbons (Fsp3) is 0.300. The topological polar surface area (TPSA) is 23.9 Å². The summed E-state index contributed by atoms with van der Waals surface area (Å²) in [4.78, 5) is 0. The fourth-order valence-electron chi connectivity index (χ4n) is 0.685. The van der Waals surface area contributed by atoms with Gasteiger partial charge < -0.3 is 5.41 Å². The highest BCUT2D eigenvalue weighted by Gasteiger charge is 1.81. The molecule has 0 heterocycles. The minimum Gasteiger partial charge on any atom is -0.308 e. The predicted molar refractivity (Wildman–Crippen MR) is 55.9 cm³/mol. The molecule has 1 N–H and O–H groups in total. The third-order valence-corrected chi connectivity index (χ3v) is 1.44. The summed E-state index contributed by atoms with van der Waals surface area (Å²) in [6, 6.07) is 0. The van der Waals surface area contributed by atoms with E-state index in [0.29, 0.717) is 0 Å². The number of allylic oxidation sites excluding steroid dienone is 5. The molecule has 0 rings (SSSR count). The molecular weight excluding hydrogens is 170 g/mol. The van der Waals surface area contributed by atoms with Crippen LogP contribution in [0.25, 0.3) is 0 Å². The lowest BCUT2D eigenvalue weighted by Gasteiger charge is -1.88. The molecule has 0 aliphatic carbocycles. The van der Waals surface area contributed by atoms with Crippen molar-refractivity contribution < 1.29 is 0 Å². The minimum absolute atomic E-state index is 0.861.